The van der Waals surface area contributed by atoms with E-state index in [1.54, 1.807) is 33.5 Å². The van der Waals surface area contributed by atoms with E-state index in [1.807, 2.05) is 6.07 Å². The smallest absolute Gasteiger partial charge is 0.126 e. The Balaban J connectivity index is 1.62. The summed E-state index contributed by atoms with van der Waals surface area (Å²) < 4.78 is 37.5. The van der Waals surface area contributed by atoms with E-state index in [-0.39, 0.29) is 17.4 Å². The van der Waals surface area contributed by atoms with Gasteiger partial charge in [0.25, 0.3) is 0 Å². The molecule has 200 valence electrons. The molecule has 2 unspecified atom stereocenters. The molecule has 2 aliphatic carbocycles. The van der Waals surface area contributed by atoms with Gasteiger partial charge >= 0.3 is 0 Å². The van der Waals surface area contributed by atoms with Crippen LogP contribution in [0, 0.1) is 23.6 Å². The minimum absolute atomic E-state index is 0.138. The van der Waals surface area contributed by atoms with E-state index in [2.05, 4.69) is 38.9 Å². The second-order valence-electron chi connectivity index (χ2n) is 10.2. The van der Waals surface area contributed by atoms with E-state index in [1.165, 1.54) is 24.5 Å². The van der Waals surface area contributed by atoms with E-state index in [0.717, 1.165) is 37.0 Å². The number of hydrogen-bond donors (Lipinski definition) is 0. The molecule has 3 rings (SSSR count). The van der Waals surface area contributed by atoms with Crippen molar-refractivity contribution in [3.8, 4) is 5.75 Å². The zero-order chi connectivity index (χ0) is 26.3. The molecule has 0 radical (unpaired) electrons. The predicted molar refractivity (Wildman–Crippen MR) is 149 cm³/mol. The first-order chi connectivity index (χ1) is 17.3. The lowest BCUT2D eigenvalue weighted by molar-refractivity contribution is 0.144. The molecule has 0 aliphatic heterocycles. The second kappa shape index (κ2) is 13.1. The van der Waals surface area contributed by atoms with Crippen LogP contribution in [0.25, 0.3) is 0 Å². The molecule has 1 aromatic rings. The molecular formula is C30H44FO4P. The fraction of sp³-hybridized carbons (Fsp3) is 0.567. The van der Waals surface area contributed by atoms with Crippen LogP contribution in [0.15, 0.2) is 54.3 Å². The first-order valence-electron chi connectivity index (χ1n) is 13.1. The first-order valence-corrected chi connectivity index (χ1v) is 15.0. The predicted octanol–water partition coefficient (Wildman–Crippen LogP) is 8.13. The van der Waals surface area contributed by atoms with Crippen LogP contribution in [0.2, 0.25) is 0 Å². The third-order valence-electron chi connectivity index (χ3n) is 8.09. The van der Waals surface area contributed by atoms with Crippen LogP contribution in [-0.4, -0.2) is 39.9 Å². The lowest BCUT2D eigenvalue weighted by atomic mass is 9.79. The monoisotopic (exact) mass is 518 g/mol. The summed E-state index contributed by atoms with van der Waals surface area (Å²) in [6.45, 7) is 8.93. The minimum Gasteiger partial charge on any atom is -0.497 e. The van der Waals surface area contributed by atoms with E-state index >= 15 is 0 Å². The molecule has 4 nitrogen and oxygen atoms in total. The molecule has 0 aromatic heterocycles. The highest BCUT2D eigenvalue weighted by Gasteiger charge is 2.41. The molecule has 2 atom stereocenters. The van der Waals surface area contributed by atoms with Crippen molar-refractivity contribution in [2.24, 2.45) is 17.8 Å². The molecule has 2 fully saturated rings. The number of hydrogen-bond acceptors (Lipinski definition) is 4. The summed E-state index contributed by atoms with van der Waals surface area (Å²) >= 11 is 0. The standard InChI is InChI=1S/C30H44FO4P/c1-8-23(30(25-14-15-25)21(3)36(7,33-5)34-6)18-26(9-2)35-20-22-10-12-24(13-11-22)28-19-27(32-4)16-17-29(28)31/h8-9,16-19,21-22,24-25,30H,2,7,10-15,20H2,1,3-6H3/b23-8+,26-18+. The van der Waals surface area contributed by atoms with E-state index in [4.69, 9.17) is 18.5 Å². The molecule has 2 saturated carbocycles. The highest BCUT2D eigenvalue weighted by molar-refractivity contribution is 7.65. The van der Waals surface area contributed by atoms with Crippen molar-refractivity contribution in [2.75, 3.05) is 27.9 Å². The van der Waals surface area contributed by atoms with Gasteiger partial charge in [-0.1, -0.05) is 25.9 Å². The summed E-state index contributed by atoms with van der Waals surface area (Å²) in [5.41, 5.74) is 2.19. The number of rotatable bonds is 13. The summed E-state index contributed by atoms with van der Waals surface area (Å²) in [4.78, 5) is 0. The first kappa shape index (κ1) is 28.8. The van der Waals surface area contributed by atoms with Crippen molar-refractivity contribution in [3.05, 3.63) is 65.7 Å². The van der Waals surface area contributed by atoms with Crippen LogP contribution in [0.1, 0.15) is 63.9 Å². The van der Waals surface area contributed by atoms with Gasteiger partial charge in [0.2, 0.25) is 0 Å². The van der Waals surface area contributed by atoms with Gasteiger partial charge in [0.1, 0.15) is 24.7 Å². The van der Waals surface area contributed by atoms with Gasteiger partial charge in [-0.15, -0.1) is 0 Å². The molecule has 0 N–H and O–H groups in total. The lowest BCUT2D eigenvalue weighted by Gasteiger charge is -2.34. The molecular weight excluding hydrogens is 474 g/mol. The Bertz CT molecular complexity index is 981. The molecule has 2 aliphatic rings. The quantitative estimate of drug-likeness (QED) is 0.150. The Labute approximate surface area is 217 Å². The number of methoxy groups -OCH3 is 1. The Morgan fingerprint density at radius 2 is 1.78 bits per heavy atom. The SMILES string of the molecule is C=C/C(=C\C(=C/C)C(C1CC1)C(C)P(=C)(OC)OC)OCC1CCC(c2cc(OC)ccc2F)CC1. The average molecular weight is 519 g/mol. The van der Waals surface area contributed by atoms with Crippen molar-refractivity contribution >= 4 is 13.6 Å². The fourth-order valence-corrected chi connectivity index (χ4v) is 7.28. The molecule has 6 heteroatoms. The van der Waals surface area contributed by atoms with Crippen LogP contribution in [0.4, 0.5) is 4.39 Å². The van der Waals surface area contributed by atoms with E-state index in [0.29, 0.717) is 30.1 Å². The van der Waals surface area contributed by atoms with Crippen molar-refractivity contribution in [2.45, 2.75) is 63.9 Å². The van der Waals surface area contributed by atoms with Gasteiger partial charge in [-0.25, -0.2) is 4.39 Å². The molecule has 0 amide bonds. The molecule has 0 bridgehead atoms. The van der Waals surface area contributed by atoms with E-state index in [9.17, 15) is 4.39 Å². The highest BCUT2D eigenvalue weighted by Crippen LogP contribution is 2.59. The molecule has 36 heavy (non-hydrogen) atoms. The summed E-state index contributed by atoms with van der Waals surface area (Å²) in [5.74, 6) is 2.98. The Morgan fingerprint density at radius 1 is 1.11 bits per heavy atom. The molecule has 0 spiro atoms. The molecule has 0 saturated heterocycles. The average Bonchev–Trinajstić information content (AvgIpc) is 3.75. The Hall–Kier alpha value is -1.81. The maximum Gasteiger partial charge on any atom is 0.126 e. The third kappa shape index (κ3) is 6.94. The number of halogens is 1. The molecule has 1 aromatic carbocycles. The van der Waals surface area contributed by atoms with Gasteiger partial charge < -0.3 is 18.5 Å². The number of ether oxygens (including phenoxy) is 2. The zero-order valence-electron chi connectivity index (χ0n) is 22.7. The number of benzene rings is 1. The molecule has 0 heterocycles. The van der Waals surface area contributed by atoms with E-state index < -0.39 is 7.34 Å². The van der Waals surface area contributed by atoms with Crippen molar-refractivity contribution in [1.82, 2.24) is 0 Å². The summed E-state index contributed by atoms with van der Waals surface area (Å²) in [7, 11) is 2.81. The van der Waals surface area contributed by atoms with Gasteiger partial charge in [-0.2, -0.15) is 0 Å². The normalized spacial score (nSPS) is 23.2. The van der Waals surface area contributed by atoms with Gasteiger partial charge in [0.05, 0.1) is 13.7 Å². The van der Waals surface area contributed by atoms with Crippen molar-refractivity contribution in [3.63, 3.8) is 0 Å². The maximum absolute atomic E-state index is 14.4. The lowest BCUT2D eigenvalue weighted by Crippen LogP contribution is -2.23. The topological polar surface area (TPSA) is 36.9 Å². The van der Waals surface area contributed by atoms with Crippen LogP contribution < -0.4 is 4.74 Å². The minimum atomic E-state index is -2.21. The Morgan fingerprint density at radius 3 is 2.31 bits per heavy atom. The summed E-state index contributed by atoms with van der Waals surface area (Å²) in [6.07, 6.45) is 16.8. The second-order valence-corrected chi connectivity index (χ2v) is 13.1. The van der Waals surface area contributed by atoms with Gasteiger partial charge in [-0.3, -0.25) is 0 Å². The van der Waals surface area contributed by atoms with Gasteiger partial charge in [0.15, 0.2) is 0 Å². The third-order valence-corrected chi connectivity index (χ3v) is 10.9. The Kier molecular flexibility index (Phi) is 10.5. The van der Waals surface area contributed by atoms with Crippen LogP contribution in [0.5, 0.6) is 5.75 Å². The van der Waals surface area contributed by atoms with Crippen LogP contribution in [-0.2, 0) is 13.8 Å². The fourth-order valence-electron chi connectivity index (χ4n) is 5.56. The van der Waals surface area contributed by atoms with Crippen LogP contribution in [0.3, 0.4) is 0 Å². The van der Waals surface area contributed by atoms with Gasteiger partial charge in [-0.05, 0) is 111 Å². The number of allylic oxidation sites excluding steroid dienone is 4. The van der Waals surface area contributed by atoms with Gasteiger partial charge in [0, 0.05) is 19.9 Å². The maximum atomic E-state index is 14.4. The largest absolute Gasteiger partial charge is 0.497 e. The summed E-state index contributed by atoms with van der Waals surface area (Å²) in [6, 6.07) is 5.04. The van der Waals surface area contributed by atoms with Crippen LogP contribution >= 0.6 is 7.34 Å². The zero-order valence-corrected chi connectivity index (χ0v) is 23.6. The van der Waals surface area contributed by atoms with Crippen molar-refractivity contribution < 1.29 is 22.9 Å². The van der Waals surface area contributed by atoms with Crippen molar-refractivity contribution in [1.29, 1.82) is 0 Å². The summed E-state index contributed by atoms with van der Waals surface area (Å²) in [5, 5.41) is 0. The highest BCUT2D eigenvalue weighted by atomic mass is 31.2.